The third-order valence-corrected chi connectivity index (χ3v) is 5.82. The van der Waals surface area contributed by atoms with Crippen LogP contribution in [0.25, 0.3) is 0 Å². The molecular formula is C12H20N4O3S. The lowest BCUT2D eigenvalue weighted by Gasteiger charge is -2.31. The molecule has 0 aromatic carbocycles. The lowest BCUT2D eigenvalue weighted by molar-refractivity contribution is 0.177. The Balaban J connectivity index is 1.47. The van der Waals surface area contributed by atoms with Gasteiger partial charge in [-0.3, -0.25) is 4.90 Å². The van der Waals surface area contributed by atoms with Crippen LogP contribution in [0.4, 0.5) is 0 Å². The molecule has 0 amide bonds. The van der Waals surface area contributed by atoms with Gasteiger partial charge in [-0.25, -0.2) is 13.1 Å². The van der Waals surface area contributed by atoms with Crippen LogP contribution in [-0.2, 0) is 16.6 Å². The average molecular weight is 300 g/mol. The quantitative estimate of drug-likeness (QED) is 0.848. The maximum absolute atomic E-state index is 11.9. The molecule has 0 atom stereocenters. The summed E-state index contributed by atoms with van der Waals surface area (Å²) in [5.74, 6) is 1.27. The minimum atomic E-state index is -3.07. The third-order valence-electron chi connectivity index (χ3n) is 3.81. The van der Waals surface area contributed by atoms with Crippen molar-refractivity contribution in [2.45, 2.75) is 50.4 Å². The van der Waals surface area contributed by atoms with Crippen molar-refractivity contribution in [3.05, 3.63) is 11.7 Å². The van der Waals surface area contributed by atoms with E-state index in [2.05, 4.69) is 19.8 Å². The van der Waals surface area contributed by atoms with Crippen LogP contribution in [-0.4, -0.2) is 47.8 Å². The van der Waals surface area contributed by atoms with Gasteiger partial charge in [-0.15, -0.1) is 0 Å². The SMILES string of the molecule is Cc1noc(CN2CCC(NS(=O)(=O)C3CC3)CC2)n1. The lowest BCUT2D eigenvalue weighted by Crippen LogP contribution is -2.45. The molecule has 0 radical (unpaired) electrons. The molecule has 2 aliphatic rings. The van der Waals surface area contributed by atoms with Crippen LogP contribution in [0.1, 0.15) is 37.4 Å². The Morgan fingerprint density at radius 1 is 1.30 bits per heavy atom. The van der Waals surface area contributed by atoms with E-state index in [1.54, 1.807) is 6.92 Å². The molecule has 2 fully saturated rings. The van der Waals surface area contributed by atoms with Gasteiger partial charge in [-0.1, -0.05) is 5.16 Å². The molecule has 2 heterocycles. The molecule has 1 aromatic heterocycles. The standard InChI is InChI=1S/C12H20N4O3S/c1-9-13-12(19-14-9)8-16-6-4-10(5-7-16)15-20(17,18)11-2-3-11/h10-11,15H,2-8H2,1H3. The normalized spacial score (nSPS) is 22.2. The van der Waals surface area contributed by atoms with Gasteiger partial charge >= 0.3 is 0 Å². The van der Waals surface area contributed by atoms with Crippen LogP contribution in [0.2, 0.25) is 0 Å². The second-order valence-corrected chi connectivity index (χ2v) is 7.64. The first-order valence-corrected chi connectivity index (χ1v) is 8.60. The van der Waals surface area contributed by atoms with Gasteiger partial charge in [0.05, 0.1) is 11.8 Å². The highest BCUT2D eigenvalue weighted by atomic mass is 32.2. The van der Waals surface area contributed by atoms with Gasteiger partial charge < -0.3 is 4.52 Å². The number of nitrogens with one attached hydrogen (secondary N) is 1. The molecule has 8 heteroatoms. The molecule has 0 bridgehead atoms. The van der Waals surface area contributed by atoms with Gasteiger partial charge in [0, 0.05) is 19.1 Å². The van der Waals surface area contributed by atoms with Crippen LogP contribution < -0.4 is 4.72 Å². The van der Waals surface area contributed by atoms with Crippen LogP contribution in [0, 0.1) is 6.92 Å². The molecule has 1 aliphatic carbocycles. The predicted octanol–water partition coefficient (Wildman–Crippen LogP) is 0.424. The molecule has 1 aliphatic heterocycles. The van der Waals surface area contributed by atoms with E-state index in [-0.39, 0.29) is 11.3 Å². The highest BCUT2D eigenvalue weighted by Crippen LogP contribution is 2.28. The summed E-state index contributed by atoms with van der Waals surface area (Å²) >= 11 is 0. The predicted molar refractivity (Wildman–Crippen MR) is 72.4 cm³/mol. The van der Waals surface area contributed by atoms with E-state index < -0.39 is 10.0 Å². The maximum Gasteiger partial charge on any atom is 0.240 e. The molecule has 1 saturated carbocycles. The Labute approximate surface area is 118 Å². The van der Waals surface area contributed by atoms with E-state index >= 15 is 0 Å². The molecule has 7 nitrogen and oxygen atoms in total. The summed E-state index contributed by atoms with van der Waals surface area (Å²) in [6.07, 6.45) is 3.29. The summed E-state index contributed by atoms with van der Waals surface area (Å²) in [4.78, 5) is 6.40. The molecular weight excluding hydrogens is 280 g/mol. The average Bonchev–Trinajstić information content (AvgIpc) is 3.17. The second-order valence-electron chi connectivity index (χ2n) is 5.65. The van der Waals surface area contributed by atoms with Crippen LogP contribution in [0.5, 0.6) is 0 Å². The Hall–Kier alpha value is -0.990. The lowest BCUT2D eigenvalue weighted by atomic mass is 10.1. The van der Waals surface area contributed by atoms with E-state index in [0.717, 1.165) is 38.8 Å². The Morgan fingerprint density at radius 2 is 2.00 bits per heavy atom. The van der Waals surface area contributed by atoms with Gasteiger partial charge in [0.15, 0.2) is 5.82 Å². The highest BCUT2D eigenvalue weighted by Gasteiger charge is 2.37. The monoisotopic (exact) mass is 300 g/mol. The second kappa shape index (κ2) is 5.42. The zero-order valence-electron chi connectivity index (χ0n) is 11.6. The Morgan fingerprint density at radius 3 is 2.55 bits per heavy atom. The van der Waals surface area contributed by atoms with Crippen molar-refractivity contribution in [3.63, 3.8) is 0 Å². The number of likely N-dealkylation sites (tertiary alicyclic amines) is 1. The summed E-state index contributed by atoms with van der Waals surface area (Å²) in [5, 5.41) is 3.63. The Kier molecular flexibility index (Phi) is 3.78. The summed E-state index contributed by atoms with van der Waals surface area (Å²) in [6, 6.07) is 0.0706. The van der Waals surface area contributed by atoms with Gasteiger partial charge in [0.25, 0.3) is 0 Å². The van der Waals surface area contributed by atoms with Crippen LogP contribution in [0.15, 0.2) is 4.52 Å². The number of rotatable bonds is 5. The summed E-state index contributed by atoms with van der Waals surface area (Å²) in [6.45, 7) is 4.13. The molecule has 1 aromatic rings. The summed E-state index contributed by atoms with van der Waals surface area (Å²) < 4.78 is 31.7. The number of aromatic nitrogens is 2. The number of sulfonamides is 1. The number of nitrogens with zero attached hydrogens (tertiary/aromatic N) is 3. The number of hydrogen-bond donors (Lipinski definition) is 1. The van der Waals surface area contributed by atoms with E-state index in [1.165, 1.54) is 0 Å². The summed E-state index contributed by atoms with van der Waals surface area (Å²) in [5.41, 5.74) is 0. The number of hydrogen-bond acceptors (Lipinski definition) is 6. The highest BCUT2D eigenvalue weighted by molar-refractivity contribution is 7.90. The van der Waals surface area contributed by atoms with Crippen molar-refractivity contribution >= 4 is 10.0 Å². The maximum atomic E-state index is 11.9. The van der Waals surface area contributed by atoms with Crippen molar-refractivity contribution in [1.82, 2.24) is 19.8 Å². The van der Waals surface area contributed by atoms with Gasteiger partial charge in [0.1, 0.15) is 0 Å². The van der Waals surface area contributed by atoms with Gasteiger partial charge in [0.2, 0.25) is 15.9 Å². The van der Waals surface area contributed by atoms with Crippen molar-refractivity contribution < 1.29 is 12.9 Å². The van der Waals surface area contributed by atoms with Gasteiger partial charge in [-0.2, -0.15) is 4.98 Å². The summed E-state index contributed by atoms with van der Waals surface area (Å²) in [7, 11) is -3.07. The number of piperidine rings is 1. The fourth-order valence-corrected chi connectivity index (χ4v) is 4.16. The smallest absolute Gasteiger partial charge is 0.240 e. The zero-order chi connectivity index (χ0) is 14.2. The van der Waals surface area contributed by atoms with E-state index in [1.807, 2.05) is 0 Å². The van der Waals surface area contributed by atoms with E-state index in [9.17, 15) is 8.42 Å². The van der Waals surface area contributed by atoms with Crippen LogP contribution >= 0.6 is 0 Å². The molecule has 112 valence electrons. The van der Waals surface area contributed by atoms with Gasteiger partial charge in [-0.05, 0) is 32.6 Å². The first-order valence-electron chi connectivity index (χ1n) is 7.05. The number of aryl methyl sites for hydroxylation is 1. The largest absolute Gasteiger partial charge is 0.338 e. The zero-order valence-corrected chi connectivity index (χ0v) is 12.4. The third kappa shape index (κ3) is 3.36. The topological polar surface area (TPSA) is 88.3 Å². The van der Waals surface area contributed by atoms with Crippen molar-refractivity contribution in [2.75, 3.05) is 13.1 Å². The van der Waals surface area contributed by atoms with Crippen molar-refractivity contribution in [1.29, 1.82) is 0 Å². The van der Waals surface area contributed by atoms with Crippen LogP contribution in [0.3, 0.4) is 0 Å². The molecule has 1 saturated heterocycles. The minimum Gasteiger partial charge on any atom is -0.338 e. The fraction of sp³-hybridized carbons (Fsp3) is 0.833. The fourth-order valence-electron chi connectivity index (χ4n) is 2.51. The van der Waals surface area contributed by atoms with Crippen molar-refractivity contribution in [3.8, 4) is 0 Å². The molecule has 20 heavy (non-hydrogen) atoms. The first kappa shape index (κ1) is 14.0. The first-order chi connectivity index (χ1) is 9.53. The molecule has 3 rings (SSSR count). The molecule has 0 spiro atoms. The minimum absolute atomic E-state index is 0.0706. The van der Waals surface area contributed by atoms with Crippen molar-refractivity contribution in [2.24, 2.45) is 0 Å². The molecule has 1 N–H and O–H groups in total. The molecule has 0 unspecified atom stereocenters. The van der Waals surface area contributed by atoms with E-state index in [0.29, 0.717) is 18.3 Å². The Bertz CT molecular complexity index is 559. The van der Waals surface area contributed by atoms with E-state index in [4.69, 9.17) is 4.52 Å².